The molecule has 0 spiro atoms. The molecule has 0 aliphatic heterocycles. The van der Waals surface area contributed by atoms with Crippen molar-refractivity contribution in [2.24, 2.45) is 0 Å². The van der Waals surface area contributed by atoms with Crippen LogP contribution in [0.2, 0.25) is 0 Å². The third-order valence-corrected chi connectivity index (χ3v) is 5.60. The summed E-state index contributed by atoms with van der Waals surface area (Å²) in [5.41, 5.74) is 0. The van der Waals surface area contributed by atoms with Gasteiger partial charge in [-0.05, 0) is 0 Å². The summed E-state index contributed by atoms with van der Waals surface area (Å²) in [7, 11) is -10.8. The van der Waals surface area contributed by atoms with E-state index in [0.717, 1.165) is 10.9 Å². The number of aromatic nitrogens is 2. The molecule has 19 heavy (non-hydrogen) atoms. The van der Waals surface area contributed by atoms with E-state index in [0.29, 0.717) is 0 Å². The van der Waals surface area contributed by atoms with Crippen LogP contribution in [0.3, 0.4) is 0 Å². The van der Waals surface area contributed by atoms with Gasteiger partial charge in [0.25, 0.3) is 5.08 Å². The van der Waals surface area contributed by atoms with Gasteiger partial charge in [-0.2, -0.15) is 0 Å². The molecule has 0 aliphatic carbocycles. The van der Waals surface area contributed by atoms with Crippen molar-refractivity contribution in [1.82, 2.24) is 9.55 Å². The Morgan fingerprint density at radius 1 is 1.05 bits per heavy atom. The summed E-state index contributed by atoms with van der Waals surface area (Å²) in [6.07, 6.45) is 3.51. The Labute approximate surface area is 175 Å². The van der Waals surface area contributed by atoms with Gasteiger partial charge in [-0.3, -0.25) is 9.13 Å². The van der Waals surface area contributed by atoms with Gasteiger partial charge in [0.05, 0.1) is 12.9 Å². The molecule has 1 heterocycles. The molecular weight excluding hydrogens is 331 g/mol. The molecule has 1 aromatic heterocycles. The Bertz CT molecular complexity index is 435. The molecule has 0 aromatic carbocycles. The number of imidazole rings is 1. The van der Waals surface area contributed by atoms with Crippen molar-refractivity contribution >= 4 is 104 Å². The third-order valence-electron chi connectivity index (χ3n) is 1.89. The summed E-state index contributed by atoms with van der Waals surface area (Å²) in [6, 6.07) is 0. The van der Waals surface area contributed by atoms with E-state index in [-0.39, 0.29) is 88.7 Å². The van der Waals surface area contributed by atoms with Crippen LogP contribution < -0.4 is 0 Å². The van der Waals surface area contributed by atoms with Crippen LogP contribution in [0.5, 0.6) is 0 Å². The SMILES string of the molecule is O=P(O)(O)C(O)(Cn1ccnc1)P(=O)(O)O.[NaH].[NaH].[NaH]. The molecule has 0 bridgehead atoms. The van der Waals surface area contributed by atoms with Crippen LogP contribution in [0, 0.1) is 0 Å². The molecule has 1 rings (SSSR count). The zero-order chi connectivity index (χ0) is 12.6. The van der Waals surface area contributed by atoms with Crippen molar-refractivity contribution < 1.29 is 33.8 Å². The fourth-order valence-electron chi connectivity index (χ4n) is 0.979. The quantitative estimate of drug-likeness (QED) is 0.285. The maximum absolute atomic E-state index is 10.9. The summed E-state index contributed by atoms with van der Waals surface area (Å²) >= 11 is 0. The predicted octanol–water partition coefficient (Wildman–Crippen LogP) is -3.06. The summed E-state index contributed by atoms with van der Waals surface area (Å²) in [6.45, 7) is -0.957. The number of aliphatic hydroxyl groups is 1. The second kappa shape index (κ2) is 9.57. The minimum absolute atomic E-state index is 0. The zero-order valence-corrected chi connectivity index (χ0v) is 9.57. The molecule has 0 atom stereocenters. The van der Waals surface area contributed by atoms with E-state index in [1.807, 2.05) is 0 Å². The maximum atomic E-state index is 10.9. The molecule has 9 nitrogen and oxygen atoms in total. The topological polar surface area (TPSA) is 153 Å². The Hall–Kier alpha value is 2.47. The molecule has 5 N–H and O–H groups in total. The second-order valence-corrected chi connectivity index (χ2v) is 7.11. The van der Waals surface area contributed by atoms with E-state index in [1.54, 1.807) is 0 Å². The van der Waals surface area contributed by atoms with E-state index in [1.165, 1.54) is 12.4 Å². The third kappa shape index (κ3) is 6.62. The summed E-state index contributed by atoms with van der Waals surface area (Å²) < 4.78 is 22.8. The number of nitrogens with zero attached hydrogens (tertiary/aromatic N) is 2. The Morgan fingerprint density at radius 2 is 1.47 bits per heavy atom. The van der Waals surface area contributed by atoms with Gasteiger partial charge in [0, 0.05) is 12.4 Å². The zero-order valence-electron chi connectivity index (χ0n) is 7.78. The Kier molecular flexibility index (Phi) is 13.3. The number of hydrogen-bond donors (Lipinski definition) is 5. The van der Waals surface area contributed by atoms with Gasteiger partial charge < -0.3 is 29.2 Å². The van der Waals surface area contributed by atoms with Gasteiger partial charge in [0.15, 0.2) is 0 Å². The summed E-state index contributed by atoms with van der Waals surface area (Å²) in [5.74, 6) is 0. The molecule has 0 unspecified atom stereocenters. The van der Waals surface area contributed by atoms with Crippen LogP contribution in [0.4, 0.5) is 0 Å². The molecule has 0 radical (unpaired) electrons. The van der Waals surface area contributed by atoms with Crippen molar-refractivity contribution in [3.63, 3.8) is 0 Å². The summed E-state index contributed by atoms with van der Waals surface area (Å²) in [5, 5.41) is 6.04. The standard InChI is InChI=1S/C5H10N2O7P2.3Na.3H/c8-5(15(9,10)11,16(12,13)14)3-7-2-1-6-4-7;;;;;;/h1-2,4,8H,3H2,(H2,9,10,11)(H2,12,13,14);;;;;;. The molecule has 0 amide bonds. The predicted molar refractivity (Wildman–Crippen MR) is 72.7 cm³/mol. The fourth-order valence-corrected chi connectivity index (χ4v) is 3.03. The van der Waals surface area contributed by atoms with Gasteiger partial charge in [-0.15, -0.1) is 0 Å². The van der Waals surface area contributed by atoms with E-state index < -0.39 is 26.8 Å². The molecular formula is C5H13N2Na3O7P2. The van der Waals surface area contributed by atoms with E-state index in [2.05, 4.69) is 4.98 Å². The average Bonchev–Trinajstić information content (AvgIpc) is 2.52. The average molecular weight is 344 g/mol. The van der Waals surface area contributed by atoms with Crippen LogP contribution in [-0.2, 0) is 15.7 Å². The van der Waals surface area contributed by atoms with Crippen molar-refractivity contribution in [3.8, 4) is 0 Å². The minimum atomic E-state index is -5.41. The van der Waals surface area contributed by atoms with Crippen LogP contribution >= 0.6 is 15.2 Å². The normalized spacial score (nSPS) is 11.8. The van der Waals surface area contributed by atoms with Crippen molar-refractivity contribution in [3.05, 3.63) is 18.7 Å². The van der Waals surface area contributed by atoms with Gasteiger partial charge in [-0.1, -0.05) is 0 Å². The fraction of sp³-hybridized carbons (Fsp3) is 0.400. The first-order chi connectivity index (χ1) is 7.08. The number of hydrogen-bond acceptors (Lipinski definition) is 4. The van der Waals surface area contributed by atoms with Gasteiger partial charge >= 0.3 is 104 Å². The molecule has 0 saturated heterocycles. The van der Waals surface area contributed by atoms with E-state index in [4.69, 9.17) is 19.6 Å². The first kappa shape index (κ1) is 26.4. The number of rotatable bonds is 4. The molecule has 0 saturated carbocycles. The Balaban J connectivity index is -0.000000853. The first-order valence-electron chi connectivity index (χ1n) is 3.87. The Morgan fingerprint density at radius 3 is 1.74 bits per heavy atom. The molecule has 0 fully saturated rings. The molecule has 0 aliphatic rings. The van der Waals surface area contributed by atoms with Gasteiger partial charge in [-0.25, -0.2) is 4.98 Å². The van der Waals surface area contributed by atoms with Crippen molar-refractivity contribution in [1.29, 1.82) is 0 Å². The van der Waals surface area contributed by atoms with E-state index in [9.17, 15) is 14.2 Å². The first-order valence-corrected chi connectivity index (χ1v) is 7.10. The van der Waals surface area contributed by atoms with Crippen LogP contribution in [-0.4, -0.2) is 128 Å². The van der Waals surface area contributed by atoms with Gasteiger partial charge in [0.2, 0.25) is 0 Å². The van der Waals surface area contributed by atoms with Crippen LogP contribution in [0.15, 0.2) is 18.7 Å². The molecule has 14 heteroatoms. The van der Waals surface area contributed by atoms with Crippen molar-refractivity contribution in [2.45, 2.75) is 11.6 Å². The second-order valence-electron chi connectivity index (χ2n) is 3.10. The monoisotopic (exact) mass is 344 g/mol. The van der Waals surface area contributed by atoms with E-state index >= 15 is 0 Å². The van der Waals surface area contributed by atoms with Gasteiger partial charge in [0.1, 0.15) is 0 Å². The van der Waals surface area contributed by atoms with Crippen LogP contribution in [0.25, 0.3) is 0 Å². The molecule has 1 aromatic rings. The summed E-state index contributed by atoms with van der Waals surface area (Å²) in [4.78, 5) is 38.7. The van der Waals surface area contributed by atoms with Crippen LogP contribution in [0.1, 0.15) is 0 Å². The molecule has 98 valence electrons. The van der Waals surface area contributed by atoms with Crippen molar-refractivity contribution in [2.75, 3.05) is 0 Å².